The lowest BCUT2D eigenvalue weighted by molar-refractivity contribution is -0.137. The Balaban J connectivity index is 1.28. The van der Waals surface area contributed by atoms with E-state index in [0.29, 0.717) is 18.1 Å². The largest absolute Gasteiger partial charge is 0.502 e. The van der Waals surface area contributed by atoms with Gasteiger partial charge < -0.3 is 29.1 Å². The molecule has 1 amide bonds. The van der Waals surface area contributed by atoms with Crippen LogP contribution in [0.15, 0.2) is 36.4 Å². The van der Waals surface area contributed by atoms with E-state index in [4.69, 9.17) is 14.2 Å². The first kappa shape index (κ1) is 25.0. The molecule has 0 bridgehead atoms. The molecular weight excluding hydrogens is 446 g/mol. The second kappa shape index (κ2) is 11.5. The Labute approximate surface area is 208 Å². The number of hydrogen-bond donors (Lipinski definition) is 1. The highest BCUT2D eigenvalue weighted by atomic mass is 16.5. The highest BCUT2D eigenvalue weighted by Gasteiger charge is 2.31. The van der Waals surface area contributed by atoms with Crippen molar-refractivity contribution in [3.63, 3.8) is 0 Å². The SMILES string of the molecule is CCOc1ccccc1N1CCN(C(=O)C2CCN(Cc3cc(OC)c(O)c(OC)c3)CC2)CC1. The minimum absolute atomic E-state index is 0.0181. The number of anilines is 1. The molecular formula is C27H37N3O5. The molecule has 2 heterocycles. The smallest absolute Gasteiger partial charge is 0.225 e. The maximum atomic E-state index is 13.2. The highest BCUT2D eigenvalue weighted by Crippen LogP contribution is 2.37. The fraction of sp³-hybridized carbons (Fsp3) is 0.519. The summed E-state index contributed by atoms with van der Waals surface area (Å²) in [6, 6.07) is 11.8. The van der Waals surface area contributed by atoms with Gasteiger partial charge in [0, 0.05) is 38.6 Å². The molecule has 0 saturated carbocycles. The van der Waals surface area contributed by atoms with Gasteiger partial charge in [0.15, 0.2) is 11.5 Å². The number of benzene rings is 2. The number of piperidine rings is 1. The molecule has 0 unspecified atom stereocenters. The van der Waals surface area contributed by atoms with Crippen LogP contribution in [0.3, 0.4) is 0 Å². The summed E-state index contributed by atoms with van der Waals surface area (Å²) >= 11 is 0. The van der Waals surface area contributed by atoms with E-state index in [-0.39, 0.29) is 17.6 Å². The summed E-state index contributed by atoms with van der Waals surface area (Å²) in [7, 11) is 3.07. The van der Waals surface area contributed by atoms with Crippen molar-refractivity contribution in [2.75, 3.05) is 65.0 Å². The van der Waals surface area contributed by atoms with Gasteiger partial charge in [-0.1, -0.05) is 12.1 Å². The third kappa shape index (κ3) is 5.75. The van der Waals surface area contributed by atoms with Gasteiger partial charge in [0.05, 0.1) is 26.5 Å². The van der Waals surface area contributed by atoms with E-state index in [1.165, 1.54) is 14.2 Å². The van der Waals surface area contributed by atoms with Crippen molar-refractivity contribution in [2.45, 2.75) is 26.3 Å². The predicted molar refractivity (Wildman–Crippen MR) is 136 cm³/mol. The Hall–Kier alpha value is -3.13. The van der Waals surface area contributed by atoms with Gasteiger partial charge in [-0.15, -0.1) is 0 Å². The Morgan fingerprint density at radius 1 is 0.943 bits per heavy atom. The van der Waals surface area contributed by atoms with E-state index in [0.717, 1.165) is 75.7 Å². The van der Waals surface area contributed by atoms with Crippen molar-refractivity contribution in [1.82, 2.24) is 9.80 Å². The molecule has 0 aliphatic carbocycles. The van der Waals surface area contributed by atoms with Gasteiger partial charge in [0.2, 0.25) is 11.7 Å². The summed E-state index contributed by atoms with van der Waals surface area (Å²) in [6.45, 7) is 8.22. The first-order valence-electron chi connectivity index (χ1n) is 12.5. The number of phenols is 1. The first-order chi connectivity index (χ1) is 17.0. The average molecular weight is 484 g/mol. The van der Waals surface area contributed by atoms with Gasteiger partial charge >= 0.3 is 0 Å². The number of para-hydroxylation sites is 2. The molecule has 2 saturated heterocycles. The molecule has 1 N–H and O–H groups in total. The zero-order valence-electron chi connectivity index (χ0n) is 21.0. The predicted octanol–water partition coefficient (Wildman–Crippen LogP) is 3.37. The Bertz CT molecular complexity index is 973. The van der Waals surface area contributed by atoms with Crippen LogP contribution in [0.5, 0.6) is 23.0 Å². The third-order valence-electron chi connectivity index (χ3n) is 6.98. The fourth-order valence-corrected chi connectivity index (χ4v) is 5.06. The van der Waals surface area contributed by atoms with Crippen LogP contribution in [0, 0.1) is 5.92 Å². The standard InChI is InChI=1S/C27H37N3O5/c1-4-35-23-8-6-5-7-22(23)29-13-15-30(16-14-29)27(32)21-9-11-28(12-10-21)19-20-17-24(33-2)26(31)25(18-20)34-3/h5-8,17-18,21,31H,4,9-16,19H2,1-3H3. The van der Waals surface area contributed by atoms with E-state index < -0.39 is 0 Å². The van der Waals surface area contributed by atoms with E-state index >= 15 is 0 Å². The molecule has 8 nitrogen and oxygen atoms in total. The van der Waals surface area contributed by atoms with Gasteiger partial charge in [0.1, 0.15) is 5.75 Å². The van der Waals surface area contributed by atoms with Crippen LogP contribution in [0.25, 0.3) is 0 Å². The van der Waals surface area contributed by atoms with Crippen LogP contribution in [-0.2, 0) is 11.3 Å². The summed E-state index contributed by atoms with van der Waals surface area (Å²) < 4.78 is 16.3. The van der Waals surface area contributed by atoms with Crippen LogP contribution < -0.4 is 19.1 Å². The summed E-state index contributed by atoms with van der Waals surface area (Å²) in [5.41, 5.74) is 2.13. The lowest BCUT2D eigenvalue weighted by atomic mass is 9.94. The molecule has 0 atom stereocenters. The third-order valence-corrected chi connectivity index (χ3v) is 6.98. The Morgan fingerprint density at radius 3 is 2.17 bits per heavy atom. The lowest BCUT2D eigenvalue weighted by Gasteiger charge is -2.39. The second-order valence-electron chi connectivity index (χ2n) is 9.11. The molecule has 35 heavy (non-hydrogen) atoms. The summed E-state index contributed by atoms with van der Waals surface area (Å²) in [6.07, 6.45) is 1.72. The average Bonchev–Trinajstić information content (AvgIpc) is 2.90. The molecule has 2 aliphatic rings. The molecule has 2 fully saturated rings. The number of amides is 1. The van der Waals surface area contributed by atoms with Crippen molar-refractivity contribution in [3.05, 3.63) is 42.0 Å². The molecule has 2 aliphatic heterocycles. The van der Waals surface area contributed by atoms with Crippen molar-refractivity contribution in [2.24, 2.45) is 5.92 Å². The van der Waals surface area contributed by atoms with Gasteiger partial charge in [-0.2, -0.15) is 0 Å². The van der Waals surface area contributed by atoms with Crippen molar-refractivity contribution in [3.8, 4) is 23.0 Å². The second-order valence-corrected chi connectivity index (χ2v) is 9.11. The number of likely N-dealkylation sites (tertiary alicyclic amines) is 1. The van der Waals surface area contributed by atoms with E-state index in [1.54, 1.807) is 0 Å². The van der Waals surface area contributed by atoms with Crippen LogP contribution >= 0.6 is 0 Å². The number of methoxy groups -OCH3 is 2. The number of carbonyl (C=O) groups is 1. The monoisotopic (exact) mass is 483 g/mol. The zero-order valence-corrected chi connectivity index (χ0v) is 21.0. The number of phenolic OH excluding ortho intramolecular Hbond substituents is 1. The van der Waals surface area contributed by atoms with Gasteiger partial charge in [-0.05, 0) is 62.7 Å². The topological polar surface area (TPSA) is 74.7 Å². The van der Waals surface area contributed by atoms with Crippen molar-refractivity contribution >= 4 is 11.6 Å². The van der Waals surface area contributed by atoms with Crippen LogP contribution in [0.4, 0.5) is 5.69 Å². The molecule has 0 radical (unpaired) electrons. The Morgan fingerprint density at radius 2 is 1.57 bits per heavy atom. The quantitative estimate of drug-likeness (QED) is 0.617. The molecule has 0 aromatic heterocycles. The molecule has 4 rings (SSSR count). The van der Waals surface area contributed by atoms with E-state index in [1.807, 2.05) is 42.2 Å². The number of rotatable bonds is 8. The zero-order chi connectivity index (χ0) is 24.8. The summed E-state index contributed by atoms with van der Waals surface area (Å²) in [5.74, 6) is 2.11. The van der Waals surface area contributed by atoms with Gasteiger partial charge in [-0.25, -0.2) is 0 Å². The number of ether oxygens (including phenoxy) is 3. The maximum absolute atomic E-state index is 13.2. The molecule has 8 heteroatoms. The van der Waals surface area contributed by atoms with E-state index in [9.17, 15) is 9.90 Å². The number of hydrogen-bond acceptors (Lipinski definition) is 7. The molecule has 2 aromatic carbocycles. The highest BCUT2D eigenvalue weighted by molar-refractivity contribution is 5.79. The molecule has 0 spiro atoms. The van der Waals surface area contributed by atoms with Crippen LogP contribution in [0.1, 0.15) is 25.3 Å². The number of piperazine rings is 1. The first-order valence-corrected chi connectivity index (χ1v) is 12.5. The fourth-order valence-electron chi connectivity index (χ4n) is 5.06. The van der Waals surface area contributed by atoms with Gasteiger partial charge in [-0.3, -0.25) is 9.69 Å². The van der Waals surface area contributed by atoms with Gasteiger partial charge in [0.25, 0.3) is 0 Å². The van der Waals surface area contributed by atoms with E-state index in [2.05, 4.69) is 15.9 Å². The number of aromatic hydroxyl groups is 1. The molecule has 2 aromatic rings. The van der Waals surface area contributed by atoms with Crippen molar-refractivity contribution < 1.29 is 24.1 Å². The normalized spacial score (nSPS) is 17.3. The summed E-state index contributed by atoms with van der Waals surface area (Å²) in [5, 5.41) is 10.1. The Kier molecular flexibility index (Phi) is 8.23. The molecule has 190 valence electrons. The maximum Gasteiger partial charge on any atom is 0.225 e. The minimum Gasteiger partial charge on any atom is -0.502 e. The minimum atomic E-state index is 0.0181. The lowest BCUT2D eigenvalue weighted by Crippen LogP contribution is -2.51. The van der Waals surface area contributed by atoms with Crippen LogP contribution in [-0.4, -0.2) is 80.9 Å². The van der Waals surface area contributed by atoms with Crippen molar-refractivity contribution in [1.29, 1.82) is 0 Å². The van der Waals surface area contributed by atoms with Crippen LogP contribution in [0.2, 0.25) is 0 Å². The number of carbonyl (C=O) groups excluding carboxylic acids is 1. The number of nitrogens with zero attached hydrogens (tertiary/aromatic N) is 3. The summed E-state index contributed by atoms with van der Waals surface area (Å²) in [4.78, 5) is 19.9.